The minimum atomic E-state index is -3.62. The average Bonchev–Trinajstić information content (AvgIpc) is 3.15. The van der Waals surface area contributed by atoms with E-state index < -0.39 is 15.8 Å². The van der Waals surface area contributed by atoms with E-state index in [0.29, 0.717) is 18.2 Å². The smallest absolute Gasteiger partial charge is 0.240 e. The molecule has 0 atom stereocenters. The molecule has 1 aromatic rings. The van der Waals surface area contributed by atoms with Crippen molar-refractivity contribution in [1.82, 2.24) is 10.0 Å². The van der Waals surface area contributed by atoms with Gasteiger partial charge in [-0.1, -0.05) is 6.07 Å². The van der Waals surface area contributed by atoms with Crippen LogP contribution in [0.15, 0.2) is 23.1 Å². The molecule has 0 spiro atoms. The van der Waals surface area contributed by atoms with Gasteiger partial charge in [0.05, 0.1) is 4.90 Å². The summed E-state index contributed by atoms with van der Waals surface area (Å²) in [6, 6.07) is 4.41. The number of sulfonamides is 1. The predicted molar refractivity (Wildman–Crippen MR) is 72.0 cm³/mol. The van der Waals surface area contributed by atoms with Crippen molar-refractivity contribution in [1.29, 1.82) is 0 Å². The van der Waals surface area contributed by atoms with Gasteiger partial charge in [0.2, 0.25) is 10.0 Å². The molecule has 19 heavy (non-hydrogen) atoms. The molecular weight excluding hydrogens is 267 g/mol. The Bertz CT molecular complexity index is 542. The predicted octanol–water partition coefficient (Wildman–Crippen LogP) is 1.55. The molecule has 2 rings (SSSR count). The third-order valence-electron chi connectivity index (χ3n) is 3.10. The van der Waals surface area contributed by atoms with Crippen LogP contribution in [0.3, 0.4) is 0 Å². The van der Waals surface area contributed by atoms with E-state index >= 15 is 0 Å². The Balaban J connectivity index is 1.87. The SMILES string of the molecule is Cc1ccc(F)cc1S(=O)(=O)NCCCNC1CC1. The van der Waals surface area contributed by atoms with Crippen LogP contribution < -0.4 is 10.0 Å². The number of hydrogen-bond acceptors (Lipinski definition) is 3. The van der Waals surface area contributed by atoms with E-state index in [4.69, 9.17) is 0 Å². The van der Waals surface area contributed by atoms with E-state index in [2.05, 4.69) is 10.0 Å². The van der Waals surface area contributed by atoms with Gasteiger partial charge in [-0.3, -0.25) is 0 Å². The molecule has 0 aromatic heterocycles. The third kappa shape index (κ3) is 4.26. The fraction of sp³-hybridized carbons (Fsp3) is 0.538. The zero-order valence-corrected chi connectivity index (χ0v) is 11.8. The number of rotatable bonds is 7. The maximum absolute atomic E-state index is 13.1. The summed E-state index contributed by atoms with van der Waals surface area (Å²) in [6.45, 7) is 2.82. The van der Waals surface area contributed by atoms with Crippen molar-refractivity contribution in [3.8, 4) is 0 Å². The molecule has 4 nitrogen and oxygen atoms in total. The highest BCUT2D eigenvalue weighted by Gasteiger charge is 2.20. The molecule has 106 valence electrons. The van der Waals surface area contributed by atoms with Gasteiger partial charge in [-0.2, -0.15) is 0 Å². The Morgan fingerprint density at radius 2 is 2.05 bits per heavy atom. The first-order chi connectivity index (χ1) is 8.99. The molecule has 0 unspecified atom stereocenters. The number of aryl methyl sites for hydroxylation is 1. The lowest BCUT2D eigenvalue weighted by molar-refractivity contribution is 0.569. The van der Waals surface area contributed by atoms with Gasteiger partial charge in [-0.15, -0.1) is 0 Å². The molecule has 1 aliphatic rings. The van der Waals surface area contributed by atoms with Gasteiger partial charge < -0.3 is 5.32 Å². The lowest BCUT2D eigenvalue weighted by Gasteiger charge is -2.09. The van der Waals surface area contributed by atoms with Crippen molar-refractivity contribution in [3.63, 3.8) is 0 Å². The summed E-state index contributed by atoms with van der Waals surface area (Å²) >= 11 is 0. The van der Waals surface area contributed by atoms with Crippen molar-refractivity contribution < 1.29 is 12.8 Å². The van der Waals surface area contributed by atoms with Crippen LogP contribution in [-0.2, 0) is 10.0 Å². The topological polar surface area (TPSA) is 58.2 Å². The molecule has 1 saturated carbocycles. The van der Waals surface area contributed by atoms with Crippen LogP contribution in [0.5, 0.6) is 0 Å². The number of benzene rings is 1. The normalized spacial score (nSPS) is 15.7. The van der Waals surface area contributed by atoms with Crippen LogP contribution in [0, 0.1) is 12.7 Å². The minimum Gasteiger partial charge on any atom is -0.314 e. The highest BCUT2D eigenvalue weighted by molar-refractivity contribution is 7.89. The molecule has 1 aromatic carbocycles. The summed E-state index contributed by atoms with van der Waals surface area (Å²) in [5.74, 6) is -0.540. The zero-order valence-electron chi connectivity index (χ0n) is 10.9. The van der Waals surface area contributed by atoms with E-state index in [1.54, 1.807) is 6.92 Å². The van der Waals surface area contributed by atoms with Gasteiger partial charge in [-0.25, -0.2) is 17.5 Å². The van der Waals surface area contributed by atoms with E-state index in [-0.39, 0.29) is 4.90 Å². The van der Waals surface area contributed by atoms with Crippen molar-refractivity contribution in [2.75, 3.05) is 13.1 Å². The molecule has 0 heterocycles. The van der Waals surface area contributed by atoms with Gasteiger partial charge in [-0.05, 0) is 50.4 Å². The molecule has 0 amide bonds. The highest BCUT2D eigenvalue weighted by Crippen LogP contribution is 2.18. The summed E-state index contributed by atoms with van der Waals surface area (Å²) in [5.41, 5.74) is 0.546. The second kappa shape index (κ2) is 5.98. The van der Waals surface area contributed by atoms with Crippen LogP contribution in [0.4, 0.5) is 4.39 Å². The molecule has 6 heteroatoms. The van der Waals surface area contributed by atoms with E-state index in [0.717, 1.165) is 19.0 Å². The van der Waals surface area contributed by atoms with Crippen LogP contribution in [0.1, 0.15) is 24.8 Å². The van der Waals surface area contributed by atoms with Crippen LogP contribution in [0.25, 0.3) is 0 Å². The third-order valence-corrected chi connectivity index (χ3v) is 4.70. The monoisotopic (exact) mass is 286 g/mol. The Morgan fingerprint density at radius 1 is 1.32 bits per heavy atom. The first kappa shape index (κ1) is 14.4. The Kier molecular flexibility index (Phi) is 4.54. The molecular formula is C13H19FN2O2S. The lowest BCUT2D eigenvalue weighted by atomic mass is 10.2. The second-order valence-corrected chi connectivity index (χ2v) is 6.62. The highest BCUT2D eigenvalue weighted by atomic mass is 32.2. The van der Waals surface area contributed by atoms with Crippen LogP contribution in [-0.4, -0.2) is 27.5 Å². The largest absolute Gasteiger partial charge is 0.314 e. The molecule has 2 N–H and O–H groups in total. The fourth-order valence-electron chi connectivity index (χ4n) is 1.83. The second-order valence-electron chi connectivity index (χ2n) is 4.89. The van der Waals surface area contributed by atoms with Crippen molar-refractivity contribution in [2.24, 2.45) is 0 Å². The molecule has 1 aliphatic carbocycles. The Labute approximate surface area is 113 Å². The van der Waals surface area contributed by atoms with Gasteiger partial charge >= 0.3 is 0 Å². The molecule has 0 radical (unpaired) electrons. The fourth-order valence-corrected chi connectivity index (χ4v) is 3.16. The zero-order chi connectivity index (χ0) is 13.9. The van der Waals surface area contributed by atoms with Gasteiger partial charge in [0.1, 0.15) is 5.82 Å². The number of halogens is 1. The van der Waals surface area contributed by atoms with Crippen LogP contribution in [0.2, 0.25) is 0 Å². The van der Waals surface area contributed by atoms with Crippen molar-refractivity contribution in [2.45, 2.75) is 37.1 Å². The summed E-state index contributed by atoms with van der Waals surface area (Å²) in [6.07, 6.45) is 3.16. The maximum Gasteiger partial charge on any atom is 0.240 e. The van der Waals surface area contributed by atoms with E-state index in [1.165, 1.54) is 25.0 Å². The summed E-state index contributed by atoms with van der Waals surface area (Å²) in [7, 11) is -3.62. The molecule has 0 saturated heterocycles. The first-order valence-corrected chi connectivity index (χ1v) is 7.96. The quantitative estimate of drug-likeness (QED) is 0.748. The van der Waals surface area contributed by atoms with Crippen LogP contribution >= 0.6 is 0 Å². The molecule has 0 bridgehead atoms. The number of nitrogens with one attached hydrogen (secondary N) is 2. The molecule has 1 fully saturated rings. The Morgan fingerprint density at radius 3 is 2.74 bits per heavy atom. The Hall–Kier alpha value is -0.980. The van der Waals surface area contributed by atoms with Gasteiger partial charge in [0.25, 0.3) is 0 Å². The average molecular weight is 286 g/mol. The maximum atomic E-state index is 13.1. The summed E-state index contributed by atoms with van der Waals surface area (Å²) < 4.78 is 39.6. The van der Waals surface area contributed by atoms with Gasteiger partial charge in [0.15, 0.2) is 0 Å². The summed E-state index contributed by atoms with van der Waals surface area (Å²) in [5, 5.41) is 3.31. The van der Waals surface area contributed by atoms with Crippen molar-refractivity contribution in [3.05, 3.63) is 29.6 Å². The summed E-state index contributed by atoms with van der Waals surface area (Å²) in [4.78, 5) is 0.0163. The minimum absolute atomic E-state index is 0.0163. The number of hydrogen-bond donors (Lipinski definition) is 2. The van der Waals surface area contributed by atoms with Crippen molar-refractivity contribution >= 4 is 10.0 Å². The standard InChI is InChI=1S/C13H19FN2O2S/c1-10-3-4-11(14)9-13(10)19(17,18)16-8-2-7-15-12-5-6-12/h3-4,9,12,15-16H,2,5-8H2,1H3. The van der Waals surface area contributed by atoms with E-state index in [1.807, 2.05) is 0 Å². The van der Waals surface area contributed by atoms with E-state index in [9.17, 15) is 12.8 Å². The molecule has 0 aliphatic heterocycles. The lowest BCUT2D eigenvalue weighted by Crippen LogP contribution is -2.28. The first-order valence-electron chi connectivity index (χ1n) is 6.48. The van der Waals surface area contributed by atoms with Gasteiger partial charge in [0, 0.05) is 12.6 Å².